The highest BCUT2D eigenvalue weighted by atomic mass is 32.2. The Labute approximate surface area is 175 Å². The quantitative estimate of drug-likeness (QED) is 0.697. The van der Waals surface area contributed by atoms with E-state index in [1.165, 1.54) is 30.3 Å². The fraction of sp³-hybridized carbons (Fsp3) is 0.286. The van der Waals surface area contributed by atoms with E-state index in [0.717, 1.165) is 17.1 Å². The van der Waals surface area contributed by atoms with Gasteiger partial charge in [0.1, 0.15) is 0 Å². The van der Waals surface area contributed by atoms with Crippen LogP contribution in [0.15, 0.2) is 63.4 Å². The molecule has 1 aliphatic carbocycles. The number of fused-ring (bicyclic) bond motifs is 1. The molecule has 1 fully saturated rings. The minimum absolute atomic E-state index is 0.0465. The van der Waals surface area contributed by atoms with E-state index in [-0.39, 0.29) is 26.9 Å². The van der Waals surface area contributed by atoms with Crippen molar-refractivity contribution in [1.29, 1.82) is 0 Å². The van der Waals surface area contributed by atoms with Crippen molar-refractivity contribution in [3.8, 4) is 0 Å². The maximum absolute atomic E-state index is 13.5. The van der Waals surface area contributed by atoms with Crippen LogP contribution in [0.2, 0.25) is 0 Å². The van der Waals surface area contributed by atoms with Gasteiger partial charge in [0.15, 0.2) is 5.03 Å². The van der Waals surface area contributed by atoms with Gasteiger partial charge in [0.25, 0.3) is 10.0 Å². The maximum atomic E-state index is 13.5. The molecule has 0 atom stereocenters. The number of aromatic carboxylic acids is 1. The van der Waals surface area contributed by atoms with Crippen molar-refractivity contribution in [2.45, 2.75) is 36.0 Å². The fourth-order valence-corrected chi connectivity index (χ4v) is 7.56. The van der Waals surface area contributed by atoms with Gasteiger partial charge in [0, 0.05) is 6.54 Å². The number of carbonyl (C=O) groups is 1. The minimum atomic E-state index is -4.21. The first-order valence-corrected chi connectivity index (χ1v) is 12.5. The maximum Gasteiger partial charge on any atom is 0.335 e. The number of sulfonamides is 1. The Balaban J connectivity index is 1.83. The van der Waals surface area contributed by atoms with E-state index in [9.17, 15) is 21.6 Å². The Kier molecular flexibility index (Phi) is 4.98. The average molecular weight is 448 g/mol. The number of hydrogen-bond donors (Lipinski definition) is 1. The molecule has 1 saturated carbocycles. The first-order chi connectivity index (χ1) is 14.1. The summed E-state index contributed by atoms with van der Waals surface area (Å²) in [4.78, 5) is 11.1. The van der Waals surface area contributed by atoms with Gasteiger partial charge in [0.2, 0.25) is 9.84 Å². The predicted octanol–water partition coefficient (Wildman–Crippen LogP) is 3.35. The summed E-state index contributed by atoms with van der Waals surface area (Å²) in [6.07, 6.45) is 2.58. The van der Waals surface area contributed by atoms with Crippen molar-refractivity contribution in [1.82, 2.24) is 4.31 Å². The van der Waals surface area contributed by atoms with Crippen molar-refractivity contribution in [3.63, 3.8) is 0 Å². The second-order valence-electron chi connectivity index (χ2n) is 7.57. The van der Waals surface area contributed by atoms with Crippen LogP contribution in [0.3, 0.4) is 0 Å². The summed E-state index contributed by atoms with van der Waals surface area (Å²) in [5.41, 5.74) is 0.849. The van der Waals surface area contributed by atoms with E-state index in [0.29, 0.717) is 23.5 Å². The lowest BCUT2D eigenvalue weighted by Crippen LogP contribution is -2.34. The molecule has 0 amide bonds. The standard InChI is InChI=1S/C21H21NO6S2/c1-14-18-4-2-3-5-19(18)29(25,26)20(14)22(13-12-15-6-7-15)30(27,28)17-10-8-16(9-11-17)21(23)24/h2-5,8-11,15H,6-7,12-13H2,1H3,(H,23,24). The highest BCUT2D eigenvalue weighted by Gasteiger charge is 2.42. The van der Waals surface area contributed by atoms with Crippen LogP contribution in [0.25, 0.3) is 5.57 Å². The zero-order valence-corrected chi connectivity index (χ0v) is 17.9. The van der Waals surface area contributed by atoms with Gasteiger partial charge in [0.05, 0.1) is 15.4 Å². The zero-order valence-electron chi connectivity index (χ0n) is 16.3. The van der Waals surface area contributed by atoms with E-state index in [1.807, 2.05) is 0 Å². The predicted molar refractivity (Wildman–Crippen MR) is 111 cm³/mol. The molecule has 1 heterocycles. The summed E-state index contributed by atoms with van der Waals surface area (Å²) < 4.78 is 54.5. The third-order valence-electron chi connectivity index (χ3n) is 5.51. The lowest BCUT2D eigenvalue weighted by Gasteiger charge is -2.26. The number of hydrogen-bond acceptors (Lipinski definition) is 5. The molecular formula is C21H21NO6S2. The molecule has 0 saturated heterocycles. The molecular weight excluding hydrogens is 426 g/mol. The van der Waals surface area contributed by atoms with Gasteiger partial charge in [-0.15, -0.1) is 0 Å². The summed E-state index contributed by atoms with van der Waals surface area (Å²) in [5.74, 6) is -0.776. The van der Waals surface area contributed by atoms with Gasteiger partial charge in [-0.25, -0.2) is 21.6 Å². The van der Waals surface area contributed by atoms with Crippen molar-refractivity contribution >= 4 is 31.4 Å². The Bertz CT molecular complexity index is 1260. The second-order valence-corrected chi connectivity index (χ2v) is 11.3. The van der Waals surface area contributed by atoms with Crippen LogP contribution in [0.1, 0.15) is 42.1 Å². The number of carboxylic acid groups (broad SMARTS) is 1. The van der Waals surface area contributed by atoms with E-state index in [1.54, 1.807) is 25.1 Å². The number of carboxylic acids is 1. The van der Waals surface area contributed by atoms with Crippen LogP contribution in [-0.4, -0.2) is 38.8 Å². The van der Waals surface area contributed by atoms with Crippen LogP contribution < -0.4 is 0 Å². The van der Waals surface area contributed by atoms with Crippen molar-refractivity contribution in [2.75, 3.05) is 6.54 Å². The molecule has 4 rings (SSSR count). The highest BCUT2D eigenvalue weighted by Crippen LogP contribution is 2.43. The van der Waals surface area contributed by atoms with Crippen LogP contribution in [0.5, 0.6) is 0 Å². The first-order valence-electron chi connectivity index (χ1n) is 9.55. The van der Waals surface area contributed by atoms with E-state index >= 15 is 0 Å². The van der Waals surface area contributed by atoms with Crippen LogP contribution in [0, 0.1) is 5.92 Å². The van der Waals surface area contributed by atoms with Gasteiger partial charge in [-0.1, -0.05) is 31.0 Å². The van der Waals surface area contributed by atoms with Gasteiger partial charge in [-0.3, -0.25) is 4.31 Å². The van der Waals surface area contributed by atoms with Gasteiger partial charge >= 0.3 is 5.97 Å². The van der Waals surface area contributed by atoms with Crippen LogP contribution in [0.4, 0.5) is 0 Å². The van der Waals surface area contributed by atoms with E-state index in [2.05, 4.69) is 0 Å². The van der Waals surface area contributed by atoms with Gasteiger partial charge in [-0.05, 0) is 60.7 Å². The first kappa shape index (κ1) is 20.6. The third-order valence-corrected chi connectivity index (χ3v) is 9.41. The largest absolute Gasteiger partial charge is 0.478 e. The average Bonchev–Trinajstić information content (AvgIpc) is 3.51. The molecule has 0 unspecified atom stereocenters. The highest BCUT2D eigenvalue weighted by molar-refractivity contribution is 7.97. The monoisotopic (exact) mass is 447 g/mol. The van der Waals surface area contributed by atoms with Gasteiger partial charge in [-0.2, -0.15) is 0 Å². The minimum Gasteiger partial charge on any atom is -0.478 e. The van der Waals surface area contributed by atoms with Crippen molar-refractivity contribution in [3.05, 3.63) is 64.7 Å². The van der Waals surface area contributed by atoms with Gasteiger partial charge < -0.3 is 5.11 Å². The molecule has 0 aromatic heterocycles. The molecule has 9 heteroatoms. The number of nitrogens with zero attached hydrogens (tertiary/aromatic N) is 1. The smallest absolute Gasteiger partial charge is 0.335 e. The molecule has 0 bridgehead atoms. The molecule has 2 aromatic carbocycles. The topological polar surface area (TPSA) is 109 Å². The summed E-state index contributed by atoms with van der Waals surface area (Å²) in [6, 6.07) is 11.3. The number of rotatable bonds is 7. The Morgan fingerprint density at radius 2 is 1.73 bits per heavy atom. The summed E-state index contributed by atoms with van der Waals surface area (Å²) in [7, 11) is -8.22. The summed E-state index contributed by atoms with van der Waals surface area (Å²) >= 11 is 0. The van der Waals surface area contributed by atoms with E-state index < -0.39 is 25.8 Å². The summed E-state index contributed by atoms with van der Waals surface area (Å²) in [6.45, 7) is 1.67. The second kappa shape index (κ2) is 7.24. The fourth-order valence-electron chi connectivity index (χ4n) is 3.69. The molecule has 2 aromatic rings. The Morgan fingerprint density at radius 1 is 1.10 bits per heavy atom. The Hall–Kier alpha value is -2.65. The lowest BCUT2D eigenvalue weighted by atomic mass is 10.1. The molecule has 1 aliphatic heterocycles. The van der Waals surface area contributed by atoms with E-state index in [4.69, 9.17) is 5.11 Å². The zero-order chi connectivity index (χ0) is 21.7. The number of sulfone groups is 1. The molecule has 7 nitrogen and oxygen atoms in total. The normalized spacial score (nSPS) is 17.6. The number of allylic oxidation sites excluding steroid dienone is 1. The molecule has 2 aliphatic rings. The molecule has 0 spiro atoms. The lowest BCUT2D eigenvalue weighted by molar-refractivity contribution is 0.0696. The Morgan fingerprint density at radius 3 is 2.30 bits per heavy atom. The molecule has 158 valence electrons. The van der Waals surface area contributed by atoms with Crippen molar-refractivity contribution in [2.24, 2.45) is 5.92 Å². The summed E-state index contributed by atoms with van der Waals surface area (Å²) in [5, 5.41) is 8.85. The van der Waals surface area contributed by atoms with Crippen molar-refractivity contribution < 1.29 is 26.7 Å². The third kappa shape index (κ3) is 3.41. The molecule has 30 heavy (non-hydrogen) atoms. The van der Waals surface area contributed by atoms with Crippen LogP contribution >= 0.6 is 0 Å². The SMILES string of the molecule is CC1=C(N(CCC2CC2)S(=O)(=O)c2ccc(C(=O)O)cc2)S(=O)(=O)c2ccccc21. The molecule has 1 N–H and O–H groups in total. The number of benzene rings is 2. The van der Waals surface area contributed by atoms with Crippen LogP contribution in [-0.2, 0) is 19.9 Å². The molecule has 0 radical (unpaired) electrons.